The van der Waals surface area contributed by atoms with Crippen LogP contribution in [0.25, 0.3) is 0 Å². The number of methoxy groups -OCH3 is 1. The van der Waals surface area contributed by atoms with Crippen molar-refractivity contribution in [2.75, 3.05) is 40.1 Å². The molecular formula is C22H40Cl3NO7. The fourth-order valence-corrected chi connectivity index (χ4v) is 3.45. The van der Waals surface area contributed by atoms with Crippen LogP contribution in [-0.2, 0) is 28.4 Å². The summed E-state index contributed by atoms with van der Waals surface area (Å²) in [6.07, 6.45) is 2.66. The fourth-order valence-electron chi connectivity index (χ4n) is 3.29. The van der Waals surface area contributed by atoms with Gasteiger partial charge in [0.1, 0.15) is 31.0 Å². The number of hydrogen-bond acceptors (Lipinski definition) is 7. The van der Waals surface area contributed by atoms with E-state index >= 15 is 0 Å². The quantitative estimate of drug-likeness (QED) is 0.219. The summed E-state index contributed by atoms with van der Waals surface area (Å²) in [5.74, 6) is 0. The van der Waals surface area contributed by atoms with Crippen molar-refractivity contribution in [1.29, 1.82) is 0 Å². The predicted octanol–water partition coefficient (Wildman–Crippen LogP) is 5.01. The Kier molecular flexibility index (Phi) is 16.3. The highest BCUT2D eigenvalue weighted by atomic mass is 35.6. The van der Waals surface area contributed by atoms with Gasteiger partial charge in [-0.15, -0.1) is 0 Å². The molecule has 1 aliphatic rings. The van der Waals surface area contributed by atoms with Gasteiger partial charge in [0.2, 0.25) is 3.79 Å². The lowest BCUT2D eigenvalue weighted by Gasteiger charge is -2.45. The van der Waals surface area contributed by atoms with Crippen molar-refractivity contribution in [1.82, 2.24) is 5.32 Å². The summed E-state index contributed by atoms with van der Waals surface area (Å²) in [6.45, 7) is 7.86. The van der Waals surface area contributed by atoms with Gasteiger partial charge in [-0.05, 0) is 19.3 Å². The first-order valence-electron chi connectivity index (χ1n) is 11.8. The van der Waals surface area contributed by atoms with Gasteiger partial charge in [0.25, 0.3) is 0 Å². The second-order valence-electron chi connectivity index (χ2n) is 7.95. The molecule has 0 radical (unpaired) electrons. The summed E-state index contributed by atoms with van der Waals surface area (Å²) >= 11 is 17.1. The first-order chi connectivity index (χ1) is 15.8. The molecule has 0 spiro atoms. The van der Waals surface area contributed by atoms with Crippen LogP contribution in [0.5, 0.6) is 0 Å². The third-order valence-electron chi connectivity index (χ3n) is 5.07. The van der Waals surface area contributed by atoms with Crippen molar-refractivity contribution >= 4 is 40.9 Å². The summed E-state index contributed by atoms with van der Waals surface area (Å²) in [4.78, 5) is 12.4. The highest BCUT2D eigenvalue weighted by Gasteiger charge is 2.48. The largest absolute Gasteiger partial charge is 0.445 e. The van der Waals surface area contributed by atoms with Gasteiger partial charge in [-0.2, -0.15) is 0 Å². The van der Waals surface area contributed by atoms with Crippen molar-refractivity contribution in [3.63, 3.8) is 0 Å². The predicted molar refractivity (Wildman–Crippen MR) is 129 cm³/mol. The summed E-state index contributed by atoms with van der Waals surface area (Å²) in [5, 5.41) is 2.75. The van der Waals surface area contributed by atoms with E-state index in [1.165, 1.54) is 7.11 Å². The Balaban J connectivity index is 3.04. The molecule has 0 aliphatic carbocycles. The molecule has 1 aliphatic heterocycles. The number of carbonyl (C=O) groups excluding carboxylic acids is 1. The maximum Gasteiger partial charge on any atom is 0.407 e. The van der Waals surface area contributed by atoms with E-state index < -0.39 is 47.1 Å². The minimum atomic E-state index is -1.72. The van der Waals surface area contributed by atoms with Crippen molar-refractivity contribution in [3.05, 3.63) is 0 Å². The molecule has 33 heavy (non-hydrogen) atoms. The molecule has 1 rings (SSSR count). The van der Waals surface area contributed by atoms with Crippen LogP contribution in [0.4, 0.5) is 4.79 Å². The standard InChI is InChI=1S/C22H40Cl3NO7/c1-5-8-11-29-14-16-18(30-12-9-6-2)19(31-13-10-7-3)17(20(28-4)33-16)26-21(27)32-15-22(23,24)25/h16-20H,5-15H2,1-4H3,(H,26,27)/t16?,17-,18+,19?,20+/m0/s1. The molecule has 0 saturated carbocycles. The molecule has 1 N–H and O–H groups in total. The molecule has 0 aromatic carbocycles. The average molecular weight is 537 g/mol. The average Bonchev–Trinajstić information content (AvgIpc) is 2.77. The fraction of sp³-hybridized carbons (Fsp3) is 0.955. The number of halogens is 3. The van der Waals surface area contributed by atoms with E-state index in [9.17, 15) is 4.79 Å². The van der Waals surface area contributed by atoms with Crippen molar-refractivity contribution < 1.29 is 33.2 Å². The minimum absolute atomic E-state index is 0.328. The van der Waals surface area contributed by atoms with Gasteiger partial charge < -0.3 is 33.7 Å². The van der Waals surface area contributed by atoms with E-state index in [1.54, 1.807) is 0 Å². The van der Waals surface area contributed by atoms with Gasteiger partial charge in [-0.3, -0.25) is 0 Å². The number of nitrogens with one attached hydrogen (secondary N) is 1. The Hall–Kier alpha value is -0.0600. The first-order valence-corrected chi connectivity index (χ1v) is 12.9. The maximum absolute atomic E-state index is 12.4. The molecule has 11 heteroatoms. The summed E-state index contributed by atoms with van der Waals surface area (Å²) < 4.78 is 33.3. The summed E-state index contributed by atoms with van der Waals surface area (Å²) in [7, 11) is 1.50. The van der Waals surface area contributed by atoms with Crippen LogP contribution in [0.15, 0.2) is 0 Å². The van der Waals surface area contributed by atoms with E-state index in [2.05, 4.69) is 26.1 Å². The zero-order chi connectivity index (χ0) is 24.7. The number of amides is 1. The Labute approximate surface area is 213 Å². The molecule has 5 atom stereocenters. The van der Waals surface area contributed by atoms with E-state index in [-0.39, 0.29) is 0 Å². The molecule has 0 aromatic rings. The first kappa shape index (κ1) is 31.0. The van der Waals surface area contributed by atoms with E-state index in [1.807, 2.05) is 0 Å². The molecule has 8 nitrogen and oxygen atoms in total. The van der Waals surface area contributed by atoms with E-state index in [0.29, 0.717) is 26.4 Å². The van der Waals surface area contributed by atoms with Gasteiger partial charge in [0, 0.05) is 26.9 Å². The van der Waals surface area contributed by atoms with Crippen LogP contribution in [0.1, 0.15) is 59.3 Å². The lowest BCUT2D eigenvalue weighted by Crippen LogP contribution is -2.66. The van der Waals surface area contributed by atoms with Crippen LogP contribution in [0.3, 0.4) is 0 Å². The highest BCUT2D eigenvalue weighted by molar-refractivity contribution is 6.67. The van der Waals surface area contributed by atoms with Gasteiger partial charge in [0.05, 0.1) is 6.61 Å². The second kappa shape index (κ2) is 17.4. The van der Waals surface area contributed by atoms with Crippen LogP contribution in [0, 0.1) is 0 Å². The zero-order valence-electron chi connectivity index (χ0n) is 20.2. The third kappa shape index (κ3) is 12.5. The molecular weight excluding hydrogens is 497 g/mol. The molecule has 0 aromatic heterocycles. The molecule has 2 unspecified atom stereocenters. The minimum Gasteiger partial charge on any atom is -0.445 e. The normalized spacial score (nSPS) is 25.7. The van der Waals surface area contributed by atoms with Crippen LogP contribution >= 0.6 is 34.8 Å². The number of unbranched alkanes of at least 4 members (excludes halogenated alkanes) is 3. The molecule has 1 fully saturated rings. The van der Waals surface area contributed by atoms with Crippen molar-refractivity contribution in [3.8, 4) is 0 Å². The molecule has 1 amide bonds. The van der Waals surface area contributed by atoms with Crippen LogP contribution in [-0.4, -0.2) is 80.7 Å². The Morgan fingerprint density at radius 2 is 1.52 bits per heavy atom. The lowest BCUT2D eigenvalue weighted by molar-refractivity contribution is -0.280. The monoisotopic (exact) mass is 535 g/mol. The second-order valence-corrected chi connectivity index (χ2v) is 10.5. The molecule has 0 bridgehead atoms. The van der Waals surface area contributed by atoms with Gasteiger partial charge >= 0.3 is 6.09 Å². The van der Waals surface area contributed by atoms with Gasteiger partial charge in [-0.1, -0.05) is 74.8 Å². The SMILES string of the molecule is CCCCOCC1O[C@@H](OC)[C@@H](NC(=O)OCC(Cl)(Cl)Cl)C(OCCCC)[C@@H]1OCCCC. The number of ether oxygens (including phenoxy) is 6. The smallest absolute Gasteiger partial charge is 0.407 e. The van der Waals surface area contributed by atoms with Crippen LogP contribution in [0.2, 0.25) is 0 Å². The number of alkyl halides is 3. The Morgan fingerprint density at radius 1 is 0.939 bits per heavy atom. The maximum atomic E-state index is 12.4. The van der Waals surface area contributed by atoms with Gasteiger partial charge in [0.15, 0.2) is 6.29 Å². The van der Waals surface area contributed by atoms with Crippen molar-refractivity contribution in [2.24, 2.45) is 0 Å². The van der Waals surface area contributed by atoms with E-state index in [4.69, 9.17) is 63.2 Å². The highest BCUT2D eigenvalue weighted by Crippen LogP contribution is 2.29. The number of hydrogen-bond donors (Lipinski definition) is 1. The van der Waals surface area contributed by atoms with Crippen LogP contribution < -0.4 is 5.32 Å². The Morgan fingerprint density at radius 3 is 2.06 bits per heavy atom. The number of alkyl carbamates (subject to hydrolysis) is 1. The number of carbonyl (C=O) groups is 1. The molecule has 196 valence electrons. The molecule has 1 saturated heterocycles. The Bertz CT molecular complexity index is 525. The zero-order valence-corrected chi connectivity index (χ0v) is 22.4. The summed E-state index contributed by atoms with van der Waals surface area (Å²) in [5.41, 5.74) is 0. The third-order valence-corrected chi connectivity index (χ3v) is 5.40. The van der Waals surface area contributed by atoms with E-state index in [0.717, 1.165) is 38.5 Å². The van der Waals surface area contributed by atoms with Crippen molar-refractivity contribution in [2.45, 2.75) is 93.7 Å². The number of rotatable bonds is 16. The summed E-state index contributed by atoms with van der Waals surface area (Å²) in [6, 6.07) is -0.701. The lowest BCUT2D eigenvalue weighted by atomic mass is 9.96. The van der Waals surface area contributed by atoms with Gasteiger partial charge in [-0.25, -0.2) is 4.79 Å². The molecule has 1 heterocycles. The topological polar surface area (TPSA) is 84.5 Å².